The lowest BCUT2D eigenvalue weighted by Gasteiger charge is -2.23. The monoisotopic (exact) mass is 550 g/mol. The number of rotatable bonds is 7. The van der Waals surface area contributed by atoms with Crippen LogP contribution in [0, 0.1) is 5.82 Å². The molecule has 0 bridgehead atoms. The third-order valence-corrected chi connectivity index (χ3v) is 7.35. The van der Waals surface area contributed by atoms with Gasteiger partial charge in [0.05, 0.1) is 24.5 Å². The number of alkyl halides is 1. The molecule has 5 nitrogen and oxygen atoms in total. The normalized spacial score (nSPS) is 16.8. The smallest absolute Gasteiger partial charge is 0.229 e. The van der Waals surface area contributed by atoms with Gasteiger partial charge in [-0.3, -0.25) is 14.4 Å². The molecule has 1 amide bonds. The first kappa shape index (κ1) is 28.2. The Balaban J connectivity index is 0.00000353. The van der Waals surface area contributed by atoms with Crippen molar-refractivity contribution in [1.82, 2.24) is 9.30 Å². The quantitative estimate of drug-likeness (QED) is 0.246. The number of hydrogen-bond acceptors (Lipinski definition) is 3. The fourth-order valence-corrected chi connectivity index (χ4v) is 5.41. The fraction of sp³-hybridized carbons (Fsp3) is 0.258. The number of hydrogen-bond donors (Lipinski definition) is 0. The number of nitrogens with zero attached hydrogens (tertiary/aromatic N) is 2. The molecule has 2 atom stereocenters. The number of carbonyl (C=O) groups excluding carboxylic acids is 3. The van der Waals surface area contributed by atoms with Gasteiger partial charge in [0.15, 0.2) is 11.6 Å². The van der Waals surface area contributed by atoms with Gasteiger partial charge in [-0.1, -0.05) is 61.5 Å². The third kappa shape index (κ3) is 5.50. The molecule has 0 spiro atoms. The van der Waals surface area contributed by atoms with Crippen LogP contribution in [-0.4, -0.2) is 45.5 Å². The zero-order valence-corrected chi connectivity index (χ0v) is 21.4. The summed E-state index contributed by atoms with van der Waals surface area (Å²) in [4.78, 5) is 40.0. The first-order chi connectivity index (χ1) is 18.2. The van der Waals surface area contributed by atoms with E-state index in [2.05, 4.69) is 0 Å². The molecule has 2 aromatic carbocycles. The maximum Gasteiger partial charge on any atom is 0.229 e. The number of ketones is 2. The second-order valence-electron chi connectivity index (χ2n) is 9.53. The summed E-state index contributed by atoms with van der Waals surface area (Å²) in [6.45, 7) is 1.25. The third-order valence-electron chi connectivity index (χ3n) is 7.02. The Bertz CT molecular complexity index is 1560. The number of benzene rings is 2. The van der Waals surface area contributed by atoms with E-state index in [1.54, 1.807) is 71.3 Å². The minimum atomic E-state index is -1.36. The Labute approximate surface area is 231 Å². The Morgan fingerprint density at radius 3 is 2.44 bits per heavy atom. The van der Waals surface area contributed by atoms with E-state index in [-0.39, 0.29) is 50.1 Å². The number of amides is 1. The molecule has 0 radical (unpaired) electrons. The van der Waals surface area contributed by atoms with Gasteiger partial charge >= 0.3 is 0 Å². The molecule has 202 valence electrons. The number of Topliss-reactive ketones (excluding diaryl/α,β-unsaturated/α-hetero) is 2. The molecule has 39 heavy (non-hydrogen) atoms. The molecule has 2 aromatic heterocycles. The molecule has 1 aliphatic heterocycles. The van der Waals surface area contributed by atoms with Crippen molar-refractivity contribution in [2.75, 3.05) is 6.54 Å². The van der Waals surface area contributed by atoms with Crippen molar-refractivity contribution in [2.45, 2.75) is 45.8 Å². The lowest BCUT2D eigenvalue weighted by Crippen LogP contribution is -2.42. The molecule has 3 heterocycles. The van der Waals surface area contributed by atoms with E-state index < -0.39 is 29.7 Å². The van der Waals surface area contributed by atoms with Gasteiger partial charge in [-0.25, -0.2) is 8.78 Å². The van der Waals surface area contributed by atoms with Gasteiger partial charge < -0.3 is 9.30 Å². The molecule has 0 N–H and O–H groups in total. The number of aromatic nitrogens is 1. The predicted octanol–water partition coefficient (Wildman–Crippen LogP) is 6.53. The van der Waals surface area contributed by atoms with Crippen LogP contribution in [0.2, 0.25) is 5.02 Å². The van der Waals surface area contributed by atoms with Crippen LogP contribution in [0.3, 0.4) is 0 Å². The summed E-state index contributed by atoms with van der Waals surface area (Å²) in [6.07, 6.45) is -0.128. The minimum Gasteiger partial charge on any atom is -0.329 e. The highest BCUT2D eigenvalue weighted by Crippen LogP contribution is 2.32. The van der Waals surface area contributed by atoms with E-state index in [4.69, 9.17) is 11.6 Å². The first-order valence-electron chi connectivity index (χ1n) is 12.3. The molecule has 8 heteroatoms. The highest BCUT2D eigenvalue weighted by atomic mass is 35.5. The molecule has 4 aromatic rings. The maximum absolute atomic E-state index is 15.4. The number of carbonyl (C=O) groups is 3. The average Bonchev–Trinajstić information content (AvgIpc) is 3.47. The summed E-state index contributed by atoms with van der Waals surface area (Å²) in [5, 5.41) is 0.383. The summed E-state index contributed by atoms with van der Waals surface area (Å²) in [5.41, 5.74) is 2.67. The molecule has 1 fully saturated rings. The van der Waals surface area contributed by atoms with Gasteiger partial charge in [0.25, 0.3) is 0 Å². The molecule has 5 rings (SSSR count). The highest BCUT2D eigenvalue weighted by molar-refractivity contribution is 6.33. The van der Waals surface area contributed by atoms with Crippen LogP contribution in [0.5, 0.6) is 0 Å². The zero-order chi connectivity index (χ0) is 27.0. The van der Waals surface area contributed by atoms with Crippen molar-refractivity contribution < 1.29 is 23.2 Å². The SMILES string of the molecule is C.CC(=O)c1cc(CC(=O)N2C[C@H](F)C[C@H]2C(=O)Cc2cccc(-c3ccccc3Cl)c2F)n2ccccc12. The number of halogens is 3. The molecular weight excluding hydrogens is 522 g/mol. The van der Waals surface area contributed by atoms with Gasteiger partial charge in [-0.05, 0) is 36.8 Å². The zero-order valence-electron chi connectivity index (χ0n) is 20.7. The Morgan fingerprint density at radius 1 is 0.974 bits per heavy atom. The van der Waals surface area contributed by atoms with E-state index in [1.807, 2.05) is 0 Å². The van der Waals surface area contributed by atoms with Crippen LogP contribution in [0.4, 0.5) is 8.78 Å². The molecule has 1 saturated heterocycles. The summed E-state index contributed by atoms with van der Waals surface area (Å²) in [6, 6.07) is 17.6. The van der Waals surface area contributed by atoms with E-state index >= 15 is 4.39 Å². The van der Waals surface area contributed by atoms with Crippen molar-refractivity contribution in [1.29, 1.82) is 0 Å². The Hall–Kier alpha value is -3.84. The minimum absolute atomic E-state index is 0. The van der Waals surface area contributed by atoms with Crippen molar-refractivity contribution in [3.05, 3.63) is 101 Å². The average molecular weight is 551 g/mol. The number of fused-ring (bicyclic) bond motifs is 1. The topological polar surface area (TPSA) is 58.9 Å². The van der Waals surface area contributed by atoms with Gasteiger partial charge in [0.1, 0.15) is 12.0 Å². The lowest BCUT2D eigenvalue weighted by molar-refractivity contribution is -0.137. The summed E-state index contributed by atoms with van der Waals surface area (Å²) in [7, 11) is 0. The van der Waals surface area contributed by atoms with E-state index in [0.29, 0.717) is 27.4 Å². The van der Waals surface area contributed by atoms with Gasteiger partial charge in [-0.15, -0.1) is 0 Å². The summed E-state index contributed by atoms with van der Waals surface area (Å²) in [5.74, 6) is -1.56. The molecule has 0 aliphatic carbocycles. The van der Waals surface area contributed by atoms with E-state index in [9.17, 15) is 18.8 Å². The van der Waals surface area contributed by atoms with Crippen molar-refractivity contribution in [3.63, 3.8) is 0 Å². The molecule has 0 saturated carbocycles. The van der Waals surface area contributed by atoms with Crippen LogP contribution in [-0.2, 0) is 22.4 Å². The van der Waals surface area contributed by atoms with Crippen LogP contribution in [0.15, 0.2) is 72.9 Å². The fourth-order valence-electron chi connectivity index (χ4n) is 5.17. The van der Waals surface area contributed by atoms with Crippen LogP contribution in [0.1, 0.15) is 42.4 Å². The van der Waals surface area contributed by atoms with E-state index in [0.717, 1.165) is 0 Å². The second kappa shape index (κ2) is 11.5. The molecule has 1 aliphatic rings. The highest BCUT2D eigenvalue weighted by Gasteiger charge is 2.39. The summed E-state index contributed by atoms with van der Waals surface area (Å²) >= 11 is 6.24. The van der Waals surface area contributed by atoms with Crippen LogP contribution >= 0.6 is 11.6 Å². The van der Waals surface area contributed by atoms with Crippen LogP contribution < -0.4 is 0 Å². The van der Waals surface area contributed by atoms with E-state index in [1.165, 1.54) is 17.9 Å². The maximum atomic E-state index is 15.4. The molecular formula is C31H29ClF2N2O3. The standard InChI is InChI=1S/C30H25ClF2N2O3.CH4/c1-18(36)24-15-21(34-12-5-4-11-26(24)34)16-29(38)35-17-20(32)14-27(35)28(37)13-19-7-6-9-23(30(19)33)22-8-2-3-10-25(22)31;/h2-12,15,20,27H,13-14,16-17H2,1H3;1H4/t20-,27+;/m1./s1. The van der Waals surface area contributed by atoms with Gasteiger partial charge in [-0.2, -0.15) is 0 Å². The van der Waals surface area contributed by atoms with Crippen LogP contribution in [0.25, 0.3) is 16.6 Å². The van der Waals surface area contributed by atoms with Crippen molar-refractivity contribution >= 4 is 34.6 Å². The Morgan fingerprint density at radius 2 is 1.69 bits per heavy atom. The largest absolute Gasteiger partial charge is 0.329 e. The molecule has 0 unspecified atom stereocenters. The predicted molar refractivity (Wildman–Crippen MR) is 148 cm³/mol. The van der Waals surface area contributed by atoms with Gasteiger partial charge in [0.2, 0.25) is 5.91 Å². The second-order valence-corrected chi connectivity index (χ2v) is 9.94. The van der Waals surface area contributed by atoms with Gasteiger partial charge in [0, 0.05) is 46.4 Å². The van der Waals surface area contributed by atoms with Crippen molar-refractivity contribution in [2.24, 2.45) is 0 Å². The van der Waals surface area contributed by atoms with Crippen molar-refractivity contribution in [3.8, 4) is 11.1 Å². The Kier molecular flexibility index (Phi) is 8.31. The number of likely N-dealkylation sites (tertiary alicyclic amines) is 1. The first-order valence-corrected chi connectivity index (χ1v) is 12.7. The summed E-state index contributed by atoms with van der Waals surface area (Å²) < 4.78 is 31.7. The lowest BCUT2D eigenvalue weighted by atomic mass is 9.96. The number of pyridine rings is 1.